The molecular formula is C17H17N5O2S. The van der Waals surface area contributed by atoms with Gasteiger partial charge in [0.1, 0.15) is 0 Å². The lowest BCUT2D eigenvalue weighted by atomic mass is 9.87. The van der Waals surface area contributed by atoms with Crippen LogP contribution in [-0.2, 0) is 22.9 Å². The van der Waals surface area contributed by atoms with Gasteiger partial charge in [-0.25, -0.2) is 13.5 Å². The fourth-order valence-corrected chi connectivity index (χ4v) is 4.34. The molecule has 0 fully saturated rings. The molecule has 0 aliphatic heterocycles. The van der Waals surface area contributed by atoms with Crippen molar-refractivity contribution in [2.24, 2.45) is 0 Å². The van der Waals surface area contributed by atoms with E-state index in [4.69, 9.17) is 0 Å². The van der Waals surface area contributed by atoms with Crippen LogP contribution in [0.1, 0.15) is 24.0 Å². The van der Waals surface area contributed by atoms with Crippen molar-refractivity contribution < 1.29 is 8.42 Å². The second-order valence-electron chi connectivity index (χ2n) is 6.00. The highest BCUT2D eigenvalue weighted by atomic mass is 32.2. The lowest BCUT2D eigenvalue weighted by Crippen LogP contribution is -2.15. The van der Waals surface area contributed by atoms with E-state index in [0.717, 1.165) is 36.8 Å². The summed E-state index contributed by atoms with van der Waals surface area (Å²) in [5.41, 5.74) is 3.56. The molecule has 0 saturated carbocycles. The minimum atomic E-state index is -3.69. The first-order valence-corrected chi connectivity index (χ1v) is 9.60. The number of H-pyrrole nitrogens is 1. The Morgan fingerprint density at radius 3 is 2.56 bits per heavy atom. The van der Waals surface area contributed by atoms with Crippen molar-refractivity contribution in [3.63, 3.8) is 0 Å². The van der Waals surface area contributed by atoms with Crippen molar-refractivity contribution in [2.75, 3.05) is 4.72 Å². The Morgan fingerprint density at radius 1 is 1.00 bits per heavy atom. The van der Waals surface area contributed by atoms with Gasteiger partial charge in [0.25, 0.3) is 10.0 Å². The average Bonchev–Trinajstić information content (AvgIpc) is 3.16. The molecule has 2 aromatic carbocycles. The SMILES string of the molecule is O=S(=O)(Nc1ccc2c(c1-c1nnn[nH]1)CCCC2)c1ccccc1. The van der Waals surface area contributed by atoms with E-state index in [-0.39, 0.29) is 4.90 Å². The maximum atomic E-state index is 12.7. The van der Waals surface area contributed by atoms with E-state index < -0.39 is 10.0 Å². The molecule has 2 N–H and O–H groups in total. The van der Waals surface area contributed by atoms with Gasteiger partial charge in [-0.15, -0.1) is 5.10 Å². The van der Waals surface area contributed by atoms with E-state index in [1.807, 2.05) is 6.07 Å². The monoisotopic (exact) mass is 355 g/mol. The molecule has 1 aromatic heterocycles. The molecular weight excluding hydrogens is 338 g/mol. The summed E-state index contributed by atoms with van der Waals surface area (Å²) < 4.78 is 28.1. The van der Waals surface area contributed by atoms with Crippen LogP contribution in [0.5, 0.6) is 0 Å². The van der Waals surface area contributed by atoms with E-state index in [1.54, 1.807) is 36.4 Å². The maximum absolute atomic E-state index is 12.7. The smallest absolute Gasteiger partial charge is 0.261 e. The molecule has 1 aliphatic carbocycles. The minimum Gasteiger partial charge on any atom is -0.279 e. The molecule has 0 saturated heterocycles. The van der Waals surface area contributed by atoms with Crippen molar-refractivity contribution in [3.05, 3.63) is 53.6 Å². The Balaban J connectivity index is 1.83. The number of benzene rings is 2. The highest BCUT2D eigenvalue weighted by Crippen LogP contribution is 2.36. The second kappa shape index (κ2) is 6.29. The predicted molar refractivity (Wildman–Crippen MR) is 93.5 cm³/mol. The molecule has 8 heteroatoms. The van der Waals surface area contributed by atoms with Gasteiger partial charge in [0, 0.05) is 5.56 Å². The fraction of sp³-hybridized carbons (Fsp3) is 0.235. The number of aromatic nitrogens is 4. The van der Waals surface area contributed by atoms with E-state index >= 15 is 0 Å². The first-order valence-electron chi connectivity index (χ1n) is 8.12. The van der Waals surface area contributed by atoms with Gasteiger partial charge in [0.2, 0.25) is 0 Å². The van der Waals surface area contributed by atoms with Crippen LogP contribution in [0.2, 0.25) is 0 Å². The summed E-state index contributed by atoms with van der Waals surface area (Å²) in [5.74, 6) is 0.476. The summed E-state index contributed by atoms with van der Waals surface area (Å²) in [6.45, 7) is 0. The van der Waals surface area contributed by atoms with Crippen LogP contribution < -0.4 is 4.72 Å². The summed E-state index contributed by atoms with van der Waals surface area (Å²) in [4.78, 5) is 0.217. The lowest BCUT2D eigenvalue weighted by molar-refractivity contribution is 0.601. The van der Waals surface area contributed by atoms with E-state index in [0.29, 0.717) is 11.5 Å². The Morgan fingerprint density at radius 2 is 1.80 bits per heavy atom. The summed E-state index contributed by atoms with van der Waals surface area (Å²) in [5, 5.41) is 14.1. The highest BCUT2D eigenvalue weighted by molar-refractivity contribution is 7.92. The fourth-order valence-electron chi connectivity index (χ4n) is 3.25. The molecule has 1 heterocycles. The first kappa shape index (κ1) is 15.8. The second-order valence-corrected chi connectivity index (χ2v) is 7.68. The molecule has 3 aromatic rings. The molecule has 0 radical (unpaired) electrons. The van der Waals surface area contributed by atoms with Gasteiger partial charge >= 0.3 is 0 Å². The zero-order valence-corrected chi connectivity index (χ0v) is 14.3. The normalized spacial score (nSPS) is 14.1. The third-order valence-electron chi connectivity index (χ3n) is 4.41. The van der Waals surface area contributed by atoms with Gasteiger partial charge in [0.15, 0.2) is 5.82 Å². The van der Waals surface area contributed by atoms with Crippen LogP contribution in [0.4, 0.5) is 5.69 Å². The molecule has 0 unspecified atom stereocenters. The number of fused-ring (bicyclic) bond motifs is 1. The third kappa shape index (κ3) is 3.00. The van der Waals surface area contributed by atoms with E-state index in [1.165, 1.54) is 5.56 Å². The van der Waals surface area contributed by atoms with Crippen LogP contribution in [0.25, 0.3) is 11.4 Å². The van der Waals surface area contributed by atoms with E-state index in [2.05, 4.69) is 25.3 Å². The number of aryl methyl sites for hydroxylation is 1. The van der Waals surface area contributed by atoms with E-state index in [9.17, 15) is 8.42 Å². The third-order valence-corrected chi connectivity index (χ3v) is 5.79. The van der Waals surface area contributed by atoms with Gasteiger partial charge in [-0.2, -0.15) is 0 Å². The molecule has 0 bridgehead atoms. The Labute approximate surface area is 145 Å². The number of tetrazole rings is 1. The van der Waals surface area contributed by atoms with Gasteiger partial charge in [-0.1, -0.05) is 24.3 Å². The number of rotatable bonds is 4. The minimum absolute atomic E-state index is 0.217. The molecule has 0 amide bonds. The highest BCUT2D eigenvalue weighted by Gasteiger charge is 2.23. The maximum Gasteiger partial charge on any atom is 0.261 e. The van der Waals surface area contributed by atoms with Crippen molar-refractivity contribution >= 4 is 15.7 Å². The van der Waals surface area contributed by atoms with Gasteiger partial charge in [-0.3, -0.25) is 4.72 Å². The van der Waals surface area contributed by atoms with Crippen LogP contribution >= 0.6 is 0 Å². The quantitative estimate of drug-likeness (QED) is 0.749. The Hall–Kier alpha value is -2.74. The van der Waals surface area contributed by atoms with Gasteiger partial charge in [-0.05, 0) is 65.4 Å². The molecule has 128 valence electrons. The van der Waals surface area contributed by atoms with Crippen LogP contribution in [0.15, 0.2) is 47.4 Å². The average molecular weight is 355 g/mol. The zero-order valence-electron chi connectivity index (χ0n) is 13.4. The number of hydrogen-bond donors (Lipinski definition) is 2. The largest absolute Gasteiger partial charge is 0.279 e. The number of aromatic amines is 1. The number of sulfonamides is 1. The van der Waals surface area contributed by atoms with Crippen LogP contribution in [-0.4, -0.2) is 29.0 Å². The Kier molecular flexibility index (Phi) is 3.96. The summed E-state index contributed by atoms with van der Waals surface area (Å²) in [7, 11) is -3.69. The van der Waals surface area contributed by atoms with Crippen LogP contribution in [0.3, 0.4) is 0 Å². The number of anilines is 1. The van der Waals surface area contributed by atoms with Crippen molar-refractivity contribution in [3.8, 4) is 11.4 Å². The number of nitrogens with one attached hydrogen (secondary N) is 2. The van der Waals surface area contributed by atoms with Crippen molar-refractivity contribution in [1.29, 1.82) is 0 Å². The first-order chi connectivity index (χ1) is 12.1. The molecule has 4 rings (SSSR count). The topological polar surface area (TPSA) is 101 Å². The number of hydrogen-bond acceptors (Lipinski definition) is 5. The molecule has 25 heavy (non-hydrogen) atoms. The van der Waals surface area contributed by atoms with Crippen molar-refractivity contribution in [2.45, 2.75) is 30.6 Å². The molecule has 0 spiro atoms. The molecule has 1 aliphatic rings. The zero-order chi connectivity index (χ0) is 17.3. The Bertz CT molecular complexity index is 985. The van der Waals surface area contributed by atoms with Gasteiger partial charge < -0.3 is 0 Å². The number of nitrogens with zero attached hydrogens (tertiary/aromatic N) is 3. The summed E-state index contributed by atoms with van der Waals surface area (Å²) in [6.07, 6.45) is 4.06. The molecule has 7 nitrogen and oxygen atoms in total. The van der Waals surface area contributed by atoms with Crippen LogP contribution in [0, 0.1) is 0 Å². The summed E-state index contributed by atoms with van der Waals surface area (Å²) >= 11 is 0. The molecule has 0 atom stereocenters. The lowest BCUT2D eigenvalue weighted by Gasteiger charge is -2.21. The standard InChI is InChI=1S/C17H17N5O2S/c23-25(24,13-7-2-1-3-8-13)20-15-11-10-12-6-4-5-9-14(12)16(15)17-18-21-22-19-17/h1-3,7-8,10-11,20H,4-6,9H2,(H,18,19,21,22). The van der Waals surface area contributed by atoms with Gasteiger partial charge in [0.05, 0.1) is 10.6 Å². The van der Waals surface area contributed by atoms with Crippen molar-refractivity contribution in [1.82, 2.24) is 20.6 Å². The summed E-state index contributed by atoms with van der Waals surface area (Å²) in [6, 6.07) is 12.1. The predicted octanol–water partition coefficient (Wildman–Crippen LogP) is 2.55.